The van der Waals surface area contributed by atoms with Gasteiger partial charge in [-0.1, -0.05) is 43.6 Å². The van der Waals surface area contributed by atoms with E-state index in [9.17, 15) is 13.2 Å². The lowest BCUT2D eigenvalue weighted by Crippen LogP contribution is -2.31. The maximum absolute atomic E-state index is 12.9. The van der Waals surface area contributed by atoms with Gasteiger partial charge in [0, 0.05) is 23.7 Å². The van der Waals surface area contributed by atoms with Crippen molar-refractivity contribution >= 4 is 27.5 Å². The van der Waals surface area contributed by atoms with Crippen molar-refractivity contribution in [2.24, 2.45) is 0 Å². The third-order valence-corrected chi connectivity index (χ3v) is 6.90. The van der Waals surface area contributed by atoms with Crippen molar-refractivity contribution < 1.29 is 13.2 Å². The van der Waals surface area contributed by atoms with Gasteiger partial charge in [0.25, 0.3) is 5.91 Å². The first-order valence-corrected chi connectivity index (χ1v) is 10.7. The van der Waals surface area contributed by atoms with Crippen molar-refractivity contribution in [1.82, 2.24) is 9.62 Å². The number of nitrogens with one attached hydrogen (secondary N) is 1. The molecule has 1 N–H and O–H groups in total. The highest BCUT2D eigenvalue weighted by Crippen LogP contribution is 2.22. The number of nitrogens with zero attached hydrogens (tertiary/aromatic N) is 1. The van der Waals surface area contributed by atoms with Gasteiger partial charge in [0.15, 0.2) is 0 Å². The number of carbonyl (C=O) groups excluding carboxylic acids is 1. The molecule has 0 aliphatic carbocycles. The molecule has 146 valence electrons. The second-order valence-corrected chi connectivity index (χ2v) is 8.66. The highest BCUT2D eigenvalue weighted by molar-refractivity contribution is 7.89. The zero-order valence-corrected chi connectivity index (χ0v) is 17.6. The summed E-state index contributed by atoms with van der Waals surface area (Å²) in [6.07, 6.45) is 0. The summed E-state index contributed by atoms with van der Waals surface area (Å²) < 4.78 is 27.1. The van der Waals surface area contributed by atoms with Gasteiger partial charge in [0.1, 0.15) is 0 Å². The summed E-state index contributed by atoms with van der Waals surface area (Å²) in [6, 6.07) is 11.7. The first-order valence-electron chi connectivity index (χ1n) is 8.87. The van der Waals surface area contributed by atoms with Gasteiger partial charge in [-0.15, -0.1) is 0 Å². The summed E-state index contributed by atoms with van der Waals surface area (Å²) in [5.74, 6) is -0.335. The van der Waals surface area contributed by atoms with Crippen LogP contribution >= 0.6 is 11.6 Å². The monoisotopic (exact) mass is 408 g/mol. The van der Waals surface area contributed by atoms with Gasteiger partial charge >= 0.3 is 0 Å². The van der Waals surface area contributed by atoms with Crippen LogP contribution < -0.4 is 5.32 Å². The fraction of sp³-hybridized carbons (Fsp3) is 0.350. The number of carbonyl (C=O) groups is 1. The number of halogens is 1. The third-order valence-electron chi connectivity index (χ3n) is 4.47. The zero-order valence-electron chi connectivity index (χ0n) is 16.0. The van der Waals surface area contributed by atoms with Crippen LogP contribution in [-0.4, -0.2) is 31.7 Å². The molecule has 0 aliphatic heterocycles. The predicted octanol–water partition coefficient (Wildman–Crippen LogP) is 4.17. The number of aryl methyl sites for hydroxylation is 1. The minimum atomic E-state index is -3.64. The van der Waals surface area contributed by atoms with E-state index in [1.54, 1.807) is 45.0 Å². The van der Waals surface area contributed by atoms with Gasteiger partial charge in [0.05, 0.1) is 10.9 Å². The van der Waals surface area contributed by atoms with Crippen LogP contribution in [0.15, 0.2) is 47.4 Å². The molecule has 1 atom stereocenters. The molecule has 0 spiro atoms. The lowest BCUT2D eigenvalue weighted by atomic mass is 10.1. The largest absolute Gasteiger partial charge is 0.346 e. The van der Waals surface area contributed by atoms with Crippen LogP contribution in [0.1, 0.15) is 48.3 Å². The molecule has 0 heterocycles. The molecule has 7 heteroatoms. The Morgan fingerprint density at radius 3 is 2.41 bits per heavy atom. The van der Waals surface area contributed by atoms with Crippen molar-refractivity contribution in [3.8, 4) is 0 Å². The van der Waals surface area contributed by atoms with Crippen LogP contribution in [0.3, 0.4) is 0 Å². The molecule has 2 aromatic rings. The van der Waals surface area contributed by atoms with Gasteiger partial charge in [-0.25, -0.2) is 8.42 Å². The Balaban J connectivity index is 2.30. The number of benzene rings is 2. The van der Waals surface area contributed by atoms with Crippen molar-refractivity contribution in [2.75, 3.05) is 13.1 Å². The van der Waals surface area contributed by atoms with Crippen LogP contribution in [0.25, 0.3) is 0 Å². The van der Waals surface area contributed by atoms with Crippen LogP contribution in [0.2, 0.25) is 5.02 Å². The zero-order chi connectivity index (χ0) is 20.2. The molecule has 1 unspecified atom stereocenters. The molecule has 0 saturated carbocycles. The van der Waals surface area contributed by atoms with E-state index >= 15 is 0 Å². The number of hydrogen-bond donors (Lipinski definition) is 1. The highest BCUT2D eigenvalue weighted by atomic mass is 35.5. The molecule has 27 heavy (non-hydrogen) atoms. The van der Waals surface area contributed by atoms with E-state index in [2.05, 4.69) is 5.32 Å². The molecular formula is C20H25ClN2O3S. The van der Waals surface area contributed by atoms with Crippen LogP contribution in [0.4, 0.5) is 0 Å². The first kappa shape index (κ1) is 21.4. The van der Waals surface area contributed by atoms with Crippen LogP contribution in [-0.2, 0) is 10.0 Å². The summed E-state index contributed by atoms with van der Waals surface area (Å²) in [6.45, 7) is 7.91. The maximum Gasteiger partial charge on any atom is 0.251 e. The number of sulfonamides is 1. The molecular weight excluding hydrogens is 384 g/mol. The Kier molecular flexibility index (Phi) is 7.03. The quantitative estimate of drug-likeness (QED) is 0.747. The normalized spacial score (nSPS) is 12.8. The Hall–Kier alpha value is -1.89. The van der Waals surface area contributed by atoms with E-state index < -0.39 is 10.0 Å². The van der Waals surface area contributed by atoms with E-state index in [-0.39, 0.29) is 16.8 Å². The fourth-order valence-corrected chi connectivity index (χ4v) is 4.77. The van der Waals surface area contributed by atoms with Crippen molar-refractivity contribution in [3.05, 3.63) is 64.2 Å². The van der Waals surface area contributed by atoms with Gasteiger partial charge in [0.2, 0.25) is 10.0 Å². The number of rotatable bonds is 7. The van der Waals surface area contributed by atoms with E-state index in [1.807, 2.05) is 19.1 Å². The Bertz CT molecular complexity index is 925. The molecule has 0 fully saturated rings. The second-order valence-electron chi connectivity index (χ2n) is 6.32. The minimum absolute atomic E-state index is 0.161. The summed E-state index contributed by atoms with van der Waals surface area (Å²) in [7, 11) is -3.64. The molecule has 0 aliphatic rings. The van der Waals surface area contributed by atoms with Gasteiger partial charge in [-0.2, -0.15) is 4.31 Å². The fourth-order valence-electron chi connectivity index (χ4n) is 2.86. The molecule has 0 aromatic heterocycles. The summed E-state index contributed by atoms with van der Waals surface area (Å²) in [5.41, 5.74) is 1.79. The van der Waals surface area contributed by atoms with Gasteiger partial charge < -0.3 is 5.32 Å². The molecule has 1 amide bonds. The topological polar surface area (TPSA) is 66.5 Å². The summed E-state index contributed by atoms with van der Waals surface area (Å²) >= 11 is 6.00. The van der Waals surface area contributed by atoms with E-state index in [1.165, 1.54) is 10.4 Å². The molecule has 0 radical (unpaired) electrons. The Labute approximate surface area is 166 Å². The van der Waals surface area contributed by atoms with Crippen LogP contribution in [0, 0.1) is 6.92 Å². The van der Waals surface area contributed by atoms with E-state index in [0.29, 0.717) is 29.2 Å². The van der Waals surface area contributed by atoms with E-state index in [4.69, 9.17) is 11.6 Å². The molecule has 0 saturated heterocycles. The number of amides is 1. The second kappa shape index (κ2) is 8.87. The van der Waals surface area contributed by atoms with E-state index in [0.717, 1.165) is 5.56 Å². The summed E-state index contributed by atoms with van der Waals surface area (Å²) in [5, 5.41) is 3.48. The lowest BCUT2D eigenvalue weighted by molar-refractivity contribution is 0.0939. The Morgan fingerprint density at radius 1 is 1.15 bits per heavy atom. The average Bonchev–Trinajstić information content (AvgIpc) is 2.62. The smallest absolute Gasteiger partial charge is 0.251 e. The predicted molar refractivity (Wildman–Crippen MR) is 109 cm³/mol. The maximum atomic E-state index is 12.9. The minimum Gasteiger partial charge on any atom is -0.346 e. The molecule has 2 rings (SSSR count). The van der Waals surface area contributed by atoms with Crippen LogP contribution in [0.5, 0.6) is 0 Å². The molecule has 2 aromatic carbocycles. The average molecular weight is 409 g/mol. The Morgan fingerprint density at radius 2 is 1.81 bits per heavy atom. The first-order chi connectivity index (χ1) is 12.7. The van der Waals surface area contributed by atoms with Crippen molar-refractivity contribution in [1.29, 1.82) is 0 Å². The SMILES string of the molecule is CCN(CC)S(=O)(=O)c1cc(C(=O)NC(C)c2cccc(Cl)c2)ccc1C. The lowest BCUT2D eigenvalue weighted by Gasteiger charge is -2.20. The standard InChI is InChI=1S/C20H25ClN2O3S/c1-5-23(6-2)27(25,26)19-13-17(11-10-14(19)3)20(24)22-15(4)16-8-7-9-18(21)12-16/h7-13,15H,5-6H2,1-4H3,(H,22,24). The third kappa shape index (κ3) is 4.89. The highest BCUT2D eigenvalue weighted by Gasteiger charge is 2.25. The number of hydrogen-bond acceptors (Lipinski definition) is 3. The van der Waals surface area contributed by atoms with Gasteiger partial charge in [-0.3, -0.25) is 4.79 Å². The van der Waals surface area contributed by atoms with Gasteiger partial charge in [-0.05, 0) is 49.2 Å². The molecule has 5 nitrogen and oxygen atoms in total. The van der Waals surface area contributed by atoms with Crippen molar-refractivity contribution in [3.63, 3.8) is 0 Å². The summed E-state index contributed by atoms with van der Waals surface area (Å²) in [4.78, 5) is 12.8. The molecule has 0 bridgehead atoms. The van der Waals surface area contributed by atoms with Crippen molar-refractivity contribution in [2.45, 2.75) is 38.6 Å².